The summed E-state index contributed by atoms with van der Waals surface area (Å²) in [6.07, 6.45) is 0.860. The molecule has 0 aliphatic carbocycles. The van der Waals surface area contributed by atoms with Crippen LogP contribution >= 0.6 is 11.8 Å². The molecule has 52 heavy (non-hydrogen) atoms. The van der Waals surface area contributed by atoms with Crippen LogP contribution in [0.4, 0.5) is 17.1 Å². The zero-order chi connectivity index (χ0) is 36.5. The topological polar surface area (TPSA) is 137 Å². The molecular formula is C38H44N4O9S. The number of amides is 3. The highest BCUT2D eigenvalue weighted by atomic mass is 32.2. The summed E-state index contributed by atoms with van der Waals surface area (Å²) < 4.78 is 33.9. The third-order valence-corrected chi connectivity index (χ3v) is 9.67. The summed E-state index contributed by atoms with van der Waals surface area (Å²) in [6, 6.07) is 16.3. The molecule has 14 heteroatoms. The Morgan fingerprint density at radius 1 is 0.692 bits per heavy atom. The van der Waals surface area contributed by atoms with Crippen LogP contribution in [0.25, 0.3) is 0 Å². The lowest BCUT2D eigenvalue weighted by Crippen LogP contribution is -2.51. The first-order valence-electron chi connectivity index (χ1n) is 17.3. The van der Waals surface area contributed by atoms with Gasteiger partial charge in [-0.3, -0.25) is 19.3 Å². The number of imide groups is 1. The first-order valence-corrected chi connectivity index (χ1v) is 18.1. The van der Waals surface area contributed by atoms with E-state index >= 15 is 0 Å². The van der Waals surface area contributed by atoms with E-state index in [9.17, 15) is 14.4 Å². The minimum absolute atomic E-state index is 0.224. The second kappa shape index (κ2) is 17.8. The molecule has 0 spiro atoms. The largest absolute Gasteiger partial charge is 0.491 e. The van der Waals surface area contributed by atoms with E-state index in [1.54, 1.807) is 23.9 Å². The number of hydrogen-bond donors (Lipinski definition) is 2. The molecule has 0 radical (unpaired) electrons. The molecule has 3 heterocycles. The predicted molar refractivity (Wildman–Crippen MR) is 196 cm³/mol. The molecule has 2 N–H and O–H groups in total. The van der Waals surface area contributed by atoms with Gasteiger partial charge in [0.15, 0.2) is 0 Å². The number of anilines is 3. The quantitative estimate of drug-likeness (QED) is 0.101. The van der Waals surface area contributed by atoms with E-state index in [1.165, 1.54) is 11.0 Å². The molecule has 0 aromatic heterocycles. The van der Waals surface area contributed by atoms with E-state index in [0.717, 1.165) is 32.6 Å². The second-order valence-electron chi connectivity index (χ2n) is 12.4. The number of nitrogens with one attached hydrogen (secondary N) is 2. The first kappa shape index (κ1) is 37.2. The highest BCUT2D eigenvalue weighted by Gasteiger charge is 2.44. The van der Waals surface area contributed by atoms with Crippen LogP contribution in [0.1, 0.15) is 33.6 Å². The third-order valence-electron chi connectivity index (χ3n) is 8.56. The van der Waals surface area contributed by atoms with Crippen molar-refractivity contribution in [3.8, 4) is 11.5 Å². The molecule has 1 saturated heterocycles. The molecule has 3 aliphatic heterocycles. The van der Waals surface area contributed by atoms with E-state index in [1.807, 2.05) is 26.2 Å². The monoisotopic (exact) mass is 732 g/mol. The van der Waals surface area contributed by atoms with Crippen LogP contribution in [0.15, 0.2) is 76.7 Å². The normalized spacial score (nSPS) is 16.2. The minimum Gasteiger partial charge on any atom is -0.491 e. The molecule has 3 aliphatic rings. The molecule has 3 aromatic carbocycles. The molecular weight excluding hydrogens is 689 g/mol. The molecule has 0 saturated carbocycles. The van der Waals surface area contributed by atoms with Crippen molar-refractivity contribution in [3.05, 3.63) is 78.0 Å². The first-order chi connectivity index (χ1) is 25.3. The molecule has 1 unspecified atom stereocenters. The van der Waals surface area contributed by atoms with Crippen molar-refractivity contribution >= 4 is 46.5 Å². The lowest BCUT2D eigenvalue weighted by Gasteiger charge is -2.29. The number of rotatable bonds is 19. The fourth-order valence-electron chi connectivity index (χ4n) is 5.84. The smallest absolute Gasteiger partial charge is 0.262 e. The SMILES string of the molecule is C=C1CCC(N2C(=O)c3ccc(OCCOCCOCCOCCOCCOc4ccc5c(c4)Sc4cc(N(C)C)ccc4N5)cc3C2=O)C(=O)N1. The molecule has 13 nitrogen and oxygen atoms in total. The highest BCUT2D eigenvalue weighted by molar-refractivity contribution is 7.99. The maximum absolute atomic E-state index is 13.0. The van der Waals surface area contributed by atoms with Gasteiger partial charge in [0.25, 0.3) is 11.8 Å². The zero-order valence-electron chi connectivity index (χ0n) is 29.4. The number of fused-ring (bicyclic) bond motifs is 3. The van der Waals surface area contributed by atoms with E-state index in [-0.39, 0.29) is 17.7 Å². The van der Waals surface area contributed by atoms with Crippen molar-refractivity contribution in [2.75, 3.05) is 90.4 Å². The summed E-state index contributed by atoms with van der Waals surface area (Å²) in [7, 11) is 4.08. The van der Waals surface area contributed by atoms with Crippen molar-refractivity contribution in [1.29, 1.82) is 0 Å². The summed E-state index contributed by atoms with van der Waals surface area (Å²) >= 11 is 1.73. The minimum atomic E-state index is -0.850. The maximum atomic E-state index is 13.0. The van der Waals surface area contributed by atoms with Crippen LogP contribution in [0.3, 0.4) is 0 Å². The number of allylic oxidation sites excluding steroid dienone is 1. The van der Waals surface area contributed by atoms with Crippen molar-refractivity contribution in [3.63, 3.8) is 0 Å². The Morgan fingerprint density at radius 3 is 1.85 bits per heavy atom. The van der Waals surface area contributed by atoms with Crippen molar-refractivity contribution in [2.24, 2.45) is 0 Å². The van der Waals surface area contributed by atoms with Crippen LogP contribution in [0.2, 0.25) is 0 Å². The molecule has 0 bridgehead atoms. The molecule has 3 amide bonds. The van der Waals surface area contributed by atoms with Gasteiger partial charge in [-0.05, 0) is 67.4 Å². The molecule has 3 aromatic rings. The Bertz CT molecular complexity index is 1790. The van der Waals surface area contributed by atoms with E-state index in [4.69, 9.17) is 28.4 Å². The Kier molecular flexibility index (Phi) is 12.7. The summed E-state index contributed by atoms with van der Waals surface area (Å²) in [5, 5.41) is 6.13. The highest BCUT2D eigenvalue weighted by Crippen LogP contribution is 2.46. The van der Waals surface area contributed by atoms with E-state index < -0.39 is 23.8 Å². The number of benzene rings is 3. The van der Waals surface area contributed by atoms with Crippen LogP contribution in [-0.2, 0) is 23.7 Å². The Hall–Kier alpha value is -4.60. The van der Waals surface area contributed by atoms with Crippen molar-refractivity contribution in [1.82, 2.24) is 10.2 Å². The molecule has 6 rings (SSSR count). The predicted octanol–water partition coefficient (Wildman–Crippen LogP) is 4.87. The number of ether oxygens (including phenoxy) is 6. The fraction of sp³-hybridized carbons (Fsp3) is 0.395. The molecule has 1 fully saturated rings. The van der Waals surface area contributed by atoms with Crippen LogP contribution in [-0.4, -0.2) is 109 Å². The number of piperidine rings is 1. The van der Waals surface area contributed by atoms with Crippen molar-refractivity contribution in [2.45, 2.75) is 28.7 Å². The van der Waals surface area contributed by atoms with Crippen LogP contribution in [0, 0.1) is 0 Å². The third kappa shape index (κ3) is 9.24. The van der Waals surface area contributed by atoms with Crippen LogP contribution in [0.5, 0.6) is 11.5 Å². The Balaban J connectivity index is 0.759. The van der Waals surface area contributed by atoms with Gasteiger partial charge in [0.2, 0.25) is 5.91 Å². The maximum Gasteiger partial charge on any atom is 0.262 e. The van der Waals surface area contributed by atoms with E-state index in [2.05, 4.69) is 46.4 Å². The molecule has 276 valence electrons. The van der Waals surface area contributed by atoms with Gasteiger partial charge in [-0.25, -0.2) is 0 Å². The standard InChI is InChI=1S/C38H44N4O9S/c1-25-4-11-33(36(43)39-25)42-37(44)29-8-6-27(23-30(29)38(42)45)50-20-18-48-16-14-46-12-13-47-15-17-49-19-21-51-28-7-10-32-35(24-28)52-34-22-26(41(2)3)5-9-31(34)40-32/h5-10,22-24,33,40H,1,4,11-21H2,2-3H3,(H,39,43). The lowest BCUT2D eigenvalue weighted by atomic mass is 10.0. The number of carbonyl (C=O) groups is 3. The lowest BCUT2D eigenvalue weighted by molar-refractivity contribution is -0.125. The Labute approximate surface area is 307 Å². The number of nitrogens with zero attached hydrogens (tertiary/aromatic N) is 2. The molecule has 1 atom stereocenters. The summed E-state index contributed by atoms with van der Waals surface area (Å²) in [5.74, 6) is -0.138. The summed E-state index contributed by atoms with van der Waals surface area (Å²) in [5.41, 5.74) is 4.40. The van der Waals surface area contributed by atoms with Gasteiger partial charge in [-0.15, -0.1) is 0 Å². The average molecular weight is 733 g/mol. The van der Waals surface area contributed by atoms with Gasteiger partial charge in [-0.1, -0.05) is 18.3 Å². The Morgan fingerprint density at radius 2 is 1.23 bits per heavy atom. The van der Waals surface area contributed by atoms with Gasteiger partial charge in [0.05, 0.1) is 75.4 Å². The van der Waals surface area contributed by atoms with Gasteiger partial charge < -0.3 is 44.0 Å². The van der Waals surface area contributed by atoms with Gasteiger partial charge in [-0.2, -0.15) is 0 Å². The summed E-state index contributed by atoms with van der Waals surface area (Å²) in [4.78, 5) is 43.7. The van der Waals surface area contributed by atoms with E-state index in [0.29, 0.717) is 83.8 Å². The fourth-order valence-corrected chi connectivity index (χ4v) is 6.89. The van der Waals surface area contributed by atoms with Gasteiger partial charge in [0, 0.05) is 35.3 Å². The number of hydrogen-bond acceptors (Lipinski definition) is 12. The summed E-state index contributed by atoms with van der Waals surface area (Å²) in [6.45, 7) is 7.81. The second-order valence-corrected chi connectivity index (χ2v) is 13.5. The van der Waals surface area contributed by atoms with Crippen molar-refractivity contribution < 1.29 is 42.8 Å². The zero-order valence-corrected chi connectivity index (χ0v) is 30.3. The van der Waals surface area contributed by atoms with Crippen LogP contribution < -0.4 is 25.0 Å². The van der Waals surface area contributed by atoms with Gasteiger partial charge >= 0.3 is 0 Å². The van der Waals surface area contributed by atoms with Gasteiger partial charge in [0.1, 0.15) is 30.8 Å². The average Bonchev–Trinajstić information content (AvgIpc) is 3.38. The number of carbonyl (C=O) groups excluding carboxylic acids is 3.